The predicted molar refractivity (Wildman–Crippen MR) is 173 cm³/mol. The van der Waals surface area contributed by atoms with Crippen LogP contribution in [0.4, 0.5) is 0 Å². The number of carbonyl (C=O) groups excluding carboxylic acids is 1. The third kappa shape index (κ3) is 5.77. The van der Waals surface area contributed by atoms with Gasteiger partial charge in [-0.2, -0.15) is 0 Å². The number of benzene rings is 3. The number of rotatable bonds is 9. The first-order valence-electron chi connectivity index (χ1n) is 14.2. The molecule has 0 amide bonds. The van der Waals surface area contributed by atoms with Crippen LogP contribution in [0.3, 0.4) is 0 Å². The number of nitrogens with two attached hydrogens (primary N) is 1. The standard InChI is InChI=1S/C33H34N4O3S2/c1-42(39,40)36-15-13-26(14-16-36)37-21-30(23-6-4-7-24(18-23)33(34)41)29-12-10-22(17-32(29)37)9-11-27(38)19-31-28-8-3-2-5-25(28)20-35-31/h2-8,10,12,17-18,20-21,26,35H,9,11,13-16,19H2,1H3,(H2,34,41). The third-order valence-electron chi connectivity index (χ3n) is 8.40. The molecule has 6 rings (SSSR count). The van der Waals surface area contributed by atoms with Crippen LogP contribution < -0.4 is 5.73 Å². The van der Waals surface area contributed by atoms with Gasteiger partial charge in [0.1, 0.15) is 10.8 Å². The molecule has 1 saturated heterocycles. The van der Waals surface area contributed by atoms with Crippen LogP contribution in [-0.2, 0) is 27.7 Å². The summed E-state index contributed by atoms with van der Waals surface area (Å²) in [5.41, 5.74) is 12.0. The number of nitrogens with one attached hydrogen (secondary N) is 1. The van der Waals surface area contributed by atoms with E-state index in [0.717, 1.165) is 62.5 Å². The van der Waals surface area contributed by atoms with E-state index in [1.165, 1.54) is 6.26 Å². The van der Waals surface area contributed by atoms with Crippen molar-refractivity contribution in [3.05, 3.63) is 95.9 Å². The number of piperidine rings is 1. The van der Waals surface area contributed by atoms with E-state index in [-0.39, 0.29) is 11.8 Å². The van der Waals surface area contributed by atoms with E-state index in [1.54, 1.807) is 4.31 Å². The zero-order chi connectivity index (χ0) is 29.4. The summed E-state index contributed by atoms with van der Waals surface area (Å²) in [5, 5.41) is 3.32. The highest BCUT2D eigenvalue weighted by Crippen LogP contribution is 2.37. The zero-order valence-corrected chi connectivity index (χ0v) is 25.2. The highest BCUT2D eigenvalue weighted by Gasteiger charge is 2.27. The minimum absolute atomic E-state index is 0.163. The fourth-order valence-electron chi connectivity index (χ4n) is 6.13. The summed E-state index contributed by atoms with van der Waals surface area (Å²) in [4.78, 5) is 16.6. The minimum atomic E-state index is -3.21. The van der Waals surface area contributed by atoms with Gasteiger partial charge in [0.2, 0.25) is 10.0 Å². The van der Waals surface area contributed by atoms with Crippen LogP contribution in [0, 0.1) is 0 Å². The average Bonchev–Trinajstić information content (AvgIpc) is 3.57. The van der Waals surface area contributed by atoms with Gasteiger partial charge in [-0.3, -0.25) is 4.79 Å². The molecular weight excluding hydrogens is 565 g/mol. The first-order chi connectivity index (χ1) is 20.2. The molecule has 2 aromatic heterocycles. The molecule has 0 bridgehead atoms. The highest BCUT2D eigenvalue weighted by molar-refractivity contribution is 7.88. The van der Waals surface area contributed by atoms with Crippen molar-refractivity contribution in [1.82, 2.24) is 13.9 Å². The Bertz CT molecular complexity index is 1910. The van der Waals surface area contributed by atoms with Crippen molar-refractivity contribution in [3.63, 3.8) is 0 Å². The highest BCUT2D eigenvalue weighted by atomic mass is 32.2. The van der Waals surface area contributed by atoms with Gasteiger partial charge in [-0.25, -0.2) is 12.7 Å². The lowest BCUT2D eigenvalue weighted by Crippen LogP contribution is -2.38. The number of aryl methyl sites for hydroxylation is 1. The smallest absolute Gasteiger partial charge is 0.211 e. The van der Waals surface area contributed by atoms with Gasteiger partial charge in [-0.1, -0.05) is 66.8 Å². The number of carbonyl (C=O) groups is 1. The van der Waals surface area contributed by atoms with Gasteiger partial charge in [-0.15, -0.1) is 0 Å². The van der Waals surface area contributed by atoms with Crippen LogP contribution >= 0.6 is 12.2 Å². The third-order valence-corrected chi connectivity index (χ3v) is 9.94. The monoisotopic (exact) mass is 598 g/mol. The molecule has 9 heteroatoms. The van der Waals surface area contributed by atoms with E-state index in [2.05, 4.69) is 40.0 Å². The molecule has 0 saturated carbocycles. The van der Waals surface area contributed by atoms with Crippen molar-refractivity contribution in [2.24, 2.45) is 5.73 Å². The summed E-state index contributed by atoms with van der Waals surface area (Å²) in [5.74, 6) is 0.196. The summed E-state index contributed by atoms with van der Waals surface area (Å²) in [7, 11) is -3.21. The number of sulfonamides is 1. The first-order valence-corrected chi connectivity index (χ1v) is 16.5. The molecule has 0 unspecified atom stereocenters. The van der Waals surface area contributed by atoms with Crippen molar-refractivity contribution < 1.29 is 13.2 Å². The van der Waals surface area contributed by atoms with Crippen LogP contribution in [0.15, 0.2) is 79.1 Å². The molecule has 7 nitrogen and oxygen atoms in total. The van der Waals surface area contributed by atoms with Crippen LogP contribution in [0.2, 0.25) is 0 Å². The van der Waals surface area contributed by atoms with Gasteiger partial charge in [0.25, 0.3) is 0 Å². The maximum Gasteiger partial charge on any atom is 0.211 e. The van der Waals surface area contributed by atoms with Gasteiger partial charge in [-0.05, 0) is 47.9 Å². The SMILES string of the molecule is CS(=O)(=O)N1CCC(n2cc(-c3cccc(C(N)=S)c3)c3ccc(CCC(=O)Cc4[nH]cc5ccccc45)cc32)CC1. The topological polar surface area (TPSA) is 101 Å². The van der Waals surface area contributed by atoms with E-state index < -0.39 is 10.0 Å². The Morgan fingerprint density at radius 3 is 2.57 bits per heavy atom. The molecule has 42 heavy (non-hydrogen) atoms. The van der Waals surface area contributed by atoms with Crippen LogP contribution in [0.1, 0.15) is 42.1 Å². The minimum Gasteiger partial charge on any atom is -0.389 e. The molecule has 1 fully saturated rings. The Hall–Kier alpha value is -3.79. The molecule has 3 N–H and O–H groups in total. The van der Waals surface area contributed by atoms with Gasteiger partial charge in [0.15, 0.2) is 0 Å². The molecule has 216 valence electrons. The van der Waals surface area contributed by atoms with Gasteiger partial charge in [0.05, 0.1) is 6.26 Å². The fraction of sp³-hybridized carbons (Fsp3) is 0.273. The zero-order valence-electron chi connectivity index (χ0n) is 23.5. The van der Waals surface area contributed by atoms with Crippen molar-refractivity contribution in [2.45, 2.75) is 38.1 Å². The summed E-state index contributed by atoms with van der Waals surface area (Å²) in [6, 6.07) is 22.6. The molecule has 0 atom stereocenters. The van der Waals surface area contributed by atoms with Crippen LogP contribution in [0.5, 0.6) is 0 Å². The molecule has 0 radical (unpaired) electrons. The number of fused-ring (bicyclic) bond motifs is 2. The normalized spacial score (nSPS) is 15.0. The number of ketones is 1. The lowest BCUT2D eigenvalue weighted by Gasteiger charge is -2.31. The number of aromatic nitrogens is 2. The van der Waals surface area contributed by atoms with E-state index in [9.17, 15) is 13.2 Å². The Kier molecular flexibility index (Phi) is 7.74. The quantitative estimate of drug-likeness (QED) is 0.210. The van der Waals surface area contributed by atoms with Crippen molar-refractivity contribution in [2.75, 3.05) is 19.3 Å². The number of thiocarbonyl (C=S) groups is 1. The Morgan fingerprint density at radius 2 is 1.81 bits per heavy atom. The summed E-state index contributed by atoms with van der Waals surface area (Å²) in [6.07, 6.45) is 8.36. The molecular formula is C33H34N4O3S2. The molecule has 0 spiro atoms. The predicted octanol–water partition coefficient (Wildman–Crippen LogP) is 5.76. The number of hydrogen-bond donors (Lipinski definition) is 2. The maximum atomic E-state index is 13.0. The van der Waals surface area contributed by atoms with Crippen molar-refractivity contribution >= 4 is 54.7 Å². The van der Waals surface area contributed by atoms with Gasteiger partial charge >= 0.3 is 0 Å². The van der Waals surface area contributed by atoms with E-state index >= 15 is 0 Å². The second-order valence-electron chi connectivity index (χ2n) is 11.2. The number of hydrogen-bond acceptors (Lipinski definition) is 4. The van der Waals surface area contributed by atoms with Gasteiger partial charge in [0, 0.05) is 77.5 Å². The van der Waals surface area contributed by atoms with E-state index in [0.29, 0.717) is 37.3 Å². The Morgan fingerprint density at radius 1 is 1.02 bits per heavy atom. The van der Waals surface area contributed by atoms with Crippen molar-refractivity contribution in [3.8, 4) is 11.1 Å². The Labute approximate surface area is 251 Å². The van der Waals surface area contributed by atoms with Crippen LogP contribution in [-0.4, -0.2) is 52.4 Å². The summed E-state index contributed by atoms with van der Waals surface area (Å²) < 4.78 is 28.1. The molecule has 1 aliphatic rings. The summed E-state index contributed by atoms with van der Waals surface area (Å²) >= 11 is 5.23. The molecule has 3 heterocycles. The number of H-pyrrole nitrogens is 1. The summed E-state index contributed by atoms with van der Waals surface area (Å²) in [6.45, 7) is 0.994. The number of Topliss-reactive ketones (excluding diaryl/α,β-unsaturated/α-hetero) is 1. The first kappa shape index (κ1) is 28.3. The molecule has 1 aliphatic heterocycles. The second kappa shape index (κ2) is 11.5. The van der Waals surface area contributed by atoms with Crippen LogP contribution in [0.25, 0.3) is 32.8 Å². The average molecular weight is 599 g/mol. The van der Waals surface area contributed by atoms with E-state index in [4.69, 9.17) is 18.0 Å². The van der Waals surface area contributed by atoms with Gasteiger partial charge < -0.3 is 15.3 Å². The van der Waals surface area contributed by atoms with Crippen molar-refractivity contribution in [1.29, 1.82) is 0 Å². The molecule has 3 aromatic carbocycles. The number of nitrogens with zero attached hydrogens (tertiary/aromatic N) is 2. The second-order valence-corrected chi connectivity index (χ2v) is 13.6. The lowest BCUT2D eigenvalue weighted by atomic mass is 9.99. The lowest BCUT2D eigenvalue weighted by molar-refractivity contribution is -0.118. The maximum absolute atomic E-state index is 13.0. The fourth-order valence-corrected chi connectivity index (χ4v) is 7.13. The molecule has 0 aliphatic carbocycles. The Balaban J connectivity index is 1.28. The number of aromatic amines is 1. The largest absolute Gasteiger partial charge is 0.389 e. The van der Waals surface area contributed by atoms with E-state index in [1.807, 2.05) is 48.7 Å². The molecule has 5 aromatic rings.